The number of hydrogen-bond acceptors (Lipinski definition) is 2. The molecule has 0 spiro atoms. The Morgan fingerprint density at radius 2 is 1.57 bits per heavy atom. The summed E-state index contributed by atoms with van der Waals surface area (Å²) < 4.78 is 2.05. The molecule has 21 heavy (non-hydrogen) atoms. The number of nitrogens with two attached hydrogens (primary N) is 1. The Morgan fingerprint density at radius 3 is 2.24 bits per heavy atom. The molecule has 3 nitrogen and oxygen atoms in total. The summed E-state index contributed by atoms with van der Waals surface area (Å²) in [4.78, 5) is 0. The minimum absolute atomic E-state index is 0.653. The Balaban J connectivity index is 2.16. The molecule has 0 aliphatic heterocycles. The van der Waals surface area contributed by atoms with Gasteiger partial charge in [-0.05, 0) is 30.3 Å². The van der Waals surface area contributed by atoms with Gasteiger partial charge in [-0.2, -0.15) is 9.83 Å². The Hall–Kier alpha value is -3.12. The largest absolute Gasteiger partial charge is 0.394 e. The Bertz CT molecular complexity index is 800. The summed E-state index contributed by atoms with van der Waals surface area (Å²) in [5, 5.41) is 8.90. The average molecular weight is 272 g/mol. The first-order chi connectivity index (χ1) is 10.3. The topological polar surface area (TPSA) is 53.7 Å². The lowest BCUT2D eigenvalue weighted by molar-refractivity contribution is -0.583. The molecule has 3 aromatic rings. The third-order valence-corrected chi connectivity index (χ3v) is 3.32. The SMILES string of the molecule is N#Cc1ccc(-c2ccc(N)c[n+]2-c2ccccc2)cc1. The van der Waals surface area contributed by atoms with Gasteiger partial charge in [0, 0.05) is 23.8 Å². The van der Waals surface area contributed by atoms with Crippen molar-refractivity contribution < 1.29 is 4.57 Å². The van der Waals surface area contributed by atoms with Crippen molar-refractivity contribution in [2.24, 2.45) is 0 Å². The minimum atomic E-state index is 0.653. The number of nitriles is 1. The minimum Gasteiger partial charge on any atom is -0.394 e. The summed E-state index contributed by atoms with van der Waals surface area (Å²) in [7, 11) is 0. The Kier molecular flexibility index (Phi) is 3.36. The number of hydrogen-bond donors (Lipinski definition) is 1. The van der Waals surface area contributed by atoms with Crippen LogP contribution in [0.5, 0.6) is 0 Å². The van der Waals surface area contributed by atoms with Crippen molar-refractivity contribution >= 4 is 5.69 Å². The van der Waals surface area contributed by atoms with Crippen LogP contribution in [-0.2, 0) is 0 Å². The molecule has 0 saturated heterocycles. The van der Waals surface area contributed by atoms with Crippen LogP contribution < -0.4 is 10.3 Å². The lowest BCUT2D eigenvalue weighted by Crippen LogP contribution is -2.33. The van der Waals surface area contributed by atoms with E-state index >= 15 is 0 Å². The summed E-state index contributed by atoms with van der Waals surface area (Å²) in [6.45, 7) is 0. The van der Waals surface area contributed by atoms with Crippen LogP contribution in [0.15, 0.2) is 72.9 Å². The molecule has 100 valence electrons. The van der Waals surface area contributed by atoms with Crippen LogP contribution in [0, 0.1) is 11.3 Å². The molecule has 2 N–H and O–H groups in total. The summed E-state index contributed by atoms with van der Waals surface area (Å²) in [6, 6.07) is 23.6. The molecule has 0 radical (unpaired) electrons. The molecule has 3 rings (SSSR count). The van der Waals surface area contributed by atoms with Gasteiger partial charge in [0.15, 0.2) is 6.20 Å². The van der Waals surface area contributed by atoms with Crippen LogP contribution in [-0.4, -0.2) is 0 Å². The van der Waals surface area contributed by atoms with Crippen LogP contribution >= 0.6 is 0 Å². The molecular formula is C18H14N3+. The van der Waals surface area contributed by atoms with Gasteiger partial charge in [0.05, 0.1) is 17.3 Å². The van der Waals surface area contributed by atoms with Crippen LogP contribution in [0.2, 0.25) is 0 Å². The second-order valence-corrected chi connectivity index (χ2v) is 4.74. The fraction of sp³-hybridized carbons (Fsp3) is 0. The van der Waals surface area contributed by atoms with Crippen LogP contribution in [0.1, 0.15) is 5.56 Å². The molecule has 0 amide bonds. The molecular weight excluding hydrogens is 258 g/mol. The van der Waals surface area contributed by atoms with Gasteiger partial charge in [0.1, 0.15) is 0 Å². The maximum Gasteiger partial charge on any atom is 0.218 e. The zero-order valence-electron chi connectivity index (χ0n) is 11.4. The summed E-state index contributed by atoms with van der Waals surface area (Å²) in [5.41, 5.74) is 10.4. The predicted molar refractivity (Wildman–Crippen MR) is 82.5 cm³/mol. The predicted octanol–water partition coefficient (Wildman–Crippen LogP) is 3.08. The number of anilines is 1. The normalized spacial score (nSPS) is 10.0. The van der Waals surface area contributed by atoms with Crippen molar-refractivity contribution in [1.82, 2.24) is 0 Å². The molecule has 0 fully saturated rings. The number of nitrogen functional groups attached to an aromatic ring is 1. The van der Waals surface area contributed by atoms with Gasteiger partial charge < -0.3 is 5.73 Å². The molecule has 0 unspecified atom stereocenters. The maximum absolute atomic E-state index is 8.90. The van der Waals surface area contributed by atoms with Gasteiger partial charge in [-0.1, -0.05) is 18.2 Å². The number of benzene rings is 2. The fourth-order valence-corrected chi connectivity index (χ4v) is 2.27. The molecule has 0 aliphatic carbocycles. The highest BCUT2D eigenvalue weighted by Crippen LogP contribution is 2.19. The van der Waals surface area contributed by atoms with Crippen molar-refractivity contribution in [3.63, 3.8) is 0 Å². The molecule has 3 heteroatoms. The van der Waals surface area contributed by atoms with Gasteiger partial charge in [0.2, 0.25) is 11.4 Å². The standard InChI is InChI=1S/C18H14N3/c19-12-14-6-8-15(9-7-14)18-11-10-16(20)13-21(18)17-4-2-1-3-5-17/h1-11,13H,20H2/q+1. The van der Waals surface area contributed by atoms with Gasteiger partial charge in [0.25, 0.3) is 0 Å². The first-order valence-electron chi connectivity index (χ1n) is 6.65. The highest BCUT2D eigenvalue weighted by Gasteiger charge is 2.15. The Labute approximate surface area is 123 Å². The third kappa shape index (κ3) is 2.60. The van der Waals surface area contributed by atoms with E-state index in [1.807, 2.05) is 72.9 Å². The van der Waals surface area contributed by atoms with E-state index in [4.69, 9.17) is 11.0 Å². The van der Waals surface area contributed by atoms with Gasteiger partial charge in [-0.15, -0.1) is 0 Å². The van der Waals surface area contributed by atoms with E-state index in [2.05, 4.69) is 10.6 Å². The zero-order valence-corrected chi connectivity index (χ0v) is 11.4. The highest BCUT2D eigenvalue weighted by molar-refractivity contribution is 5.59. The van der Waals surface area contributed by atoms with E-state index in [9.17, 15) is 0 Å². The molecule has 0 atom stereocenters. The number of aromatic nitrogens is 1. The van der Waals surface area contributed by atoms with Gasteiger partial charge >= 0.3 is 0 Å². The first-order valence-corrected chi connectivity index (χ1v) is 6.65. The molecule has 1 aromatic heterocycles. The zero-order chi connectivity index (χ0) is 14.7. The lowest BCUT2D eigenvalue weighted by atomic mass is 10.1. The molecule has 1 heterocycles. The van der Waals surface area contributed by atoms with E-state index in [1.54, 1.807) is 0 Å². The maximum atomic E-state index is 8.90. The number of pyridine rings is 1. The van der Waals surface area contributed by atoms with Crippen LogP contribution in [0.25, 0.3) is 16.9 Å². The van der Waals surface area contributed by atoms with Crippen molar-refractivity contribution in [1.29, 1.82) is 5.26 Å². The summed E-state index contributed by atoms with van der Waals surface area (Å²) in [5.74, 6) is 0. The Morgan fingerprint density at radius 1 is 0.857 bits per heavy atom. The van der Waals surface area contributed by atoms with Gasteiger partial charge in [-0.3, -0.25) is 0 Å². The van der Waals surface area contributed by atoms with E-state index in [0.29, 0.717) is 11.3 Å². The molecule has 2 aromatic carbocycles. The van der Waals surface area contributed by atoms with Crippen LogP contribution in [0.3, 0.4) is 0 Å². The van der Waals surface area contributed by atoms with Crippen molar-refractivity contribution in [2.45, 2.75) is 0 Å². The molecule has 0 bridgehead atoms. The number of nitrogens with zero attached hydrogens (tertiary/aromatic N) is 2. The quantitative estimate of drug-likeness (QED) is 0.729. The van der Waals surface area contributed by atoms with Crippen LogP contribution in [0.4, 0.5) is 5.69 Å². The summed E-state index contributed by atoms with van der Waals surface area (Å²) in [6.07, 6.45) is 1.91. The van der Waals surface area contributed by atoms with Gasteiger partial charge in [-0.25, -0.2) is 0 Å². The van der Waals surface area contributed by atoms with Crippen molar-refractivity contribution in [2.75, 3.05) is 5.73 Å². The van der Waals surface area contributed by atoms with E-state index < -0.39 is 0 Å². The number of para-hydroxylation sites is 1. The van der Waals surface area contributed by atoms with Crippen molar-refractivity contribution in [3.05, 3.63) is 78.5 Å². The summed E-state index contributed by atoms with van der Waals surface area (Å²) >= 11 is 0. The molecule has 0 saturated carbocycles. The lowest BCUT2D eigenvalue weighted by Gasteiger charge is -2.04. The van der Waals surface area contributed by atoms with E-state index in [-0.39, 0.29) is 0 Å². The monoisotopic (exact) mass is 272 g/mol. The molecule has 0 aliphatic rings. The second kappa shape index (κ2) is 5.48. The second-order valence-electron chi connectivity index (χ2n) is 4.74. The first kappa shape index (κ1) is 12.9. The van der Waals surface area contributed by atoms with E-state index in [1.165, 1.54) is 0 Å². The average Bonchev–Trinajstić information content (AvgIpc) is 2.56. The third-order valence-electron chi connectivity index (χ3n) is 3.32. The fourth-order valence-electron chi connectivity index (χ4n) is 2.27. The highest BCUT2D eigenvalue weighted by atomic mass is 15.0. The van der Waals surface area contributed by atoms with Crippen molar-refractivity contribution in [3.8, 4) is 23.0 Å². The van der Waals surface area contributed by atoms with E-state index in [0.717, 1.165) is 16.9 Å². The smallest absolute Gasteiger partial charge is 0.218 e. The number of rotatable bonds is 2.